The molecule has 5 nitrogen and oxygen atoms in total. The van der Waals surface area contributed by atoms with Gasteiger partial charge in [-0.2, -0.15) is 0 Å². The minimum atomic E-state index is -0.545. The second-order valence-electron chi connectivity index (χ2n) is 2.50. The van der Waals surface area contributed by atoms with Crippen molar-refractivity contribution in [1.82, 2.24) is 4.98 Å². The lowest BCUT2D eigenvalue weighted by molar-refractivity contribution is -0.389. The van der Waals surface area contributed by atoms with Crippen molar-refractivity contribution in [2.45, 2.75) is 6.42 Å². The quantitative estimate of drug-likeness (QED) is 0.423. The van der Waals surface area contributed by atoms with Crippen LogP contribution in [-0.4, -0.2) is 16.5 Å². The molecule has 0 amide bonds. The highest BCUT2D eigenvalue weighted by atomic mass is 16.6. The molecule has 0 radical (unpaired) electrons. The van der Waals surface area contributed by atoms with E-state index in [0.29, 0.717) is 18.5 Å². The van der Waals surface area contributed by atoms with Crippen LogP contribution in [0, 0.1) is 22.0 Å². The molecule has 0 atom stereocenters. The summed E-state index contributed by atoms with van der Waals surface area (Å²) in [7, 11) is 0. The molecule has 1 heterocycles. The fraction of sp³-hybridized carbons (Fsp3) is 0.222. The highest BCUT2D eigenvalue weighted by molar-refractivity contribution is 5.35. The Morgan fingerprint density at radius 2 is 2.36 bits per heavy atom. The standard InChI is InChI=1S/C9H9N3O2/c10-6-2-1-3-8-4-5-9(11-7-8)12(13)14/h4-5,7H,2,6,10H2. The van der Waals surface area contributed by atoms with Gasteiger partial charge in [-0.3, -0.25) is 0 Å². The Hall–Kier alpha value is -1.93. The average Bonchev–Trinajstić information content (AvgIpc) is 2.19. The molecule has 1 rings (SSSR count). The van der Waals surface area contributed by atoms with Gasteiger partial charge in [-0.1, -0.05) is 11.8 Å². The summed E-state index contributed by atoms with van der Waals surface area (Å²) >= 11 is 0. The minimum Gasteiger partial charge on any atom is -0.358 e. The summed E-state index contributed by atoms with van der Waals surface area (Å²) in [5.74, 6) is 5.44. The van der Waals surface area contributed by atoms with Crippen molar-refractivity contribution in [3.05, 3.63) is 34.0 Å². The largest absolute Gasteiger partial charge is 0.363 e. The van der Waals surface area contributed by atoms with Gasteiger partial charge >= 0.3 is 5.82 Å². The Balaban J connectivity index is 2.75. The van der Waals surface area contributed by atoms with Crippen LogP contribution in [0.5, 0.6) is 0 Å². The summed E-state index contributed by atoms with van der Waals surface area (Å²) in [5.41, 5.74) is 5.91. The van der Waals surface area contributed by atoms with Gasteiger partial charge in [-0.05, 0) is 16.0 Å². The first-order chi connectivity index (χ1) is 6.74. The highest BCUT2D eigenvalue weighted by Gasteiger charge is 2.04. The molecule has 1 aromatic rings. The second-order valence-corrected chi connectivity index (χ2v) is 2.50. The van der Waals surface area contributed by atoms with Crippen molar-refractivity contribution in [2.24, 2.45) is 5.73 Å². The van der Waals surface area contributed by atoms with Gasteiger partial charge in [0.1, 0.15) is 0 Å². The van der Waals surface area contributed by atoms with E-state index in [2.05, 4.69) is 16.8 Å². The number of nitrogens with zero attached hydrogens (tertiary/aromatic N) is 2. The van der Waals surface area contributed by atoms with Gasteiger partial charge in [0.25, 0.3) is 0 Å². The summed E-state index contributed by atoms with van der Waals surface area (Å²) in [4.78, 5) is 13.3. The number of nitro groups is 1. The minimum absolute atomic E-state index is 0.172. The molecule has 72 valence electrons. The van der Waals surface area contributed by atoms with Gasteiger partial charge < -0.3 is 15.8 Å². The number of pyridine rings is 1. The Morgan fingerprint density at radius 1 is 1.57 bits per heavy atom. The predicted molar refractivity (Wildman–Crippen MR) is 51.4 cm³/mol. The maximum Gasteiger partial charge on any atom is 0.363 e. The summed E-state index contributed by atoms with van der Waals surface area (Å²) in [6.07, 6.45) is 1.98. The molecule has 0 aliphatic rings. The van der Waals surface area contributed by atoms with E-state index < -0.39 is 4.92 Å². The monoisotopic (exact) mass is 191 g/mol. The van der Waals surface area contributed by atoms with Gasteiger partial charge in [0.2, 0.25) is 0 Å². The van der Waals surface area contributed by atoms with E-state index in [1.165, 1.54) is 12.3 Å². The molecule has 0 aromatic carbocycles. The molecule has 0 unspecified atom stereocenters. The molecule has 5 heteroatoms. The maximum absolute atomic E-state index is 10.3. The molecule has 0 aliphatic carbocycles. The van der Waals surface area contributed by atoms with E-state index in [-0.39, 0.29) is 5.82 Å². The summed E-state index contributed by atoms with van der Waals surface area (Å²) in [6, 6.07) is 2.89. The molecule has 1 aromatic heterocycles. The van der Waals surface area contributed by atoms with Crippen LogP contribution in [-0.2, 0) is 0 Å². The van der Waals surface area contributed by atoms with E-state index in [4.69, 9.17) is 5.73 Å². The predicted octanol–water partition coefficient (Wildman–Crippen LogP) is 0.690. The van der Waals surface area contributed by atoms with Crippen LogP contribution < -0.4 is 5.73 Å². The van der Waals surface area contributed by atoms with Gasteiger partial charge in [0.15, 0.2) is 6.20 Å². The summed E-state index contributed by atoms with van der Waals surface area (Å²) in [6.45, 7) is 0.507. The van der Waals surface area contributed by atoms with Crippen molar-refractivity contribution in [3.8, 4) is 11.8 Å². The first-order valence-electron chi connectivity index (χ1n) is 4.03. The third kappa shape index (κ3) is 2.84. The van der Waals surface area contributed by atoms with Crippen LogP contribution in [0.4, 0.5) is 5.82 Å². The maximum atomic E-state index is 10.3. The van der Waals surface area contributed by atoms with E-state index in [9.17, 15) is 10.1 Å². The molecule has 0 bridgehead atoms. The van der Waals surface area contributed by atoms with Gasteiger partial charge in [-0.25, -0.2) is 0 Å². The van der Waals surface area contributed by atoms with Crippen LogP contribution in [0.1, 0.15) is 12.0 Å². The van der Waals surface area contributed by atoms with Crippen LogP contribution >= 0.6 is 0 Å². The second kappa shape index (κ2) is 4.94. The third-order valence-electron chi connectivity index (χ3n) is 1.44. The molecular weight excluding hydrogens is 182 g/mol. The molecule has 14 heavy (non-hydrogen) atoms. The molecule has 0 saturated carbocycles. The number of nitrogens with two attached hydrogens (primary N) is 1. The Labute approximate surface area is 81.1 Å². The van der Waals surface area contributed by atoms with E-state index in [1.54, 1.807) is 6.07 Å². The SMILES string of the molecule is NCCC#Cc1ccc([N+](=O)[O-])nc1. The van der Waals surface area contributed by atoms with Crippen molar-refractivity contribution >= 4 is 5.82 Å². The Kier molecular flexibility index (Phi) is 3.58. The lowest BCUT2D eigenvalue weighted by Crippen LogP contribution is -1.95. The van der Waals surface area contributed by atoms with Crippen molar-refractivity contribution in [2.75, 3.05) is 6.54 Å². The van der Waals surface area contributed by atoms with E-state index in [1.807, 2.05) is 0 Å². The summed E-state index contributed by atoms with van der Waals surface area (Å²) in [5, 5.41) is 10.3. The number of hydrogen-bond acceptors (Lipinski definition) is 4. The lowest BCUT2D eigenvalue weighted by atomic mass is 10.3. The highest BCUT2D eigenvalue weighted by Crippen LogP contribution is 2.05. The van der Waals surface area contributed by atoms with Crippen molar-refractivity contribution in [1.29, 1.82) is 0 Å². The molecular formula is C9H9N3O2. The number of hydrogen-bond donors (Lipinski definition) is 1. The van der Waals surface area contributed by atoms with E-state index >= 15 is 0 Å². The topological polar surface area (TPSA) is 82.0 Å². The van der Waals surface area contributed by atoms with Crippen LogP contribution in [0.15, 0.2) is 18.3 Å². The zero-order chi connectivity index (χ0) is 10.4. The number of rotatable bonds is 2. The van der Waals surface area contributed by atoms with Gasteiger partial charge in [0, 0.05) is 19.0 Å². The summed E-state index contributed by atoms with van der Waals surface area (Å²) < 4.78 is 0. The molecule has 0 aliphatic heterocycles. The first-order valence-corrected chi connectivity index (χ1v) is 4.03. The lowest BCUT2D eigenvalue weighted by Gasteiger charge is -1.90. The Morgan fingerprint density at radius 3 is 2.86 bits per heavy atom. The van der Waals surface area contributed by atoms with Crippen molar-refractivity contribution < 1.29 is 4.92 Å². The van der Waals surface area contributed by atoms with E-state index in [0.717, 1.165) is 0 Å². The first kappa shape index (κ1) is 10.2. The fourth-order valence-electron chi connectivity index (χ4n) is 0.805. The van der Waals surface area contributed by atoms with Crippen LogP contribution in [0.25, 0.3) is 0 Å². The normalized spacial score (nSPS) is 8.93. The van der Waals surface area contributed by atoms with Gasteiger partial charge in [-0.15, -0.1) is 0 Å². The van der Waals surface area contributed by atoms with Gasteiger partial charge in [0.05, 0.1) is 5.56 Å². The number of aromatic nitrogens is 1. The molecule has 0 fully saturated rings. The van der Waals surface area contributed by atoms with Crippen LogP contribution in [0.2, 0.25) is 0 Å². The zero-order valence-corrected chi connectivity index (χ0v) is 7.43. The fourth-order valence-corrected chi connectivity index (χ4v) is 0.805. The molecule has 0 spiro atoms. The molecule has 0 saturated heterocycles. The zero-order valence-electron chi connectivity index (χ0n) is 7.43. The average molecular weight is 191 g/mol. The Bertz CT molecular complexity index is 375. The van der Waals surface area contributed by atoms with Crippen LogP contribution in [0.3, 0.4) is 0 Å². The molecule has 2 N–H and O–H groups in total. The smallest absolute Gasteiger partial charge is 0.358 e. The third-order valence-corrected chi connectivity index (χ3v) is 1.44. The van der Waals surface area contributed by atoms with Crippen molar-refractivity contribution in [3.63, 3.8) is 0 Å².